The van der Waals surface area contributed by atoms with Crippen molar-refractivity contribution in [1.82, 2.24) is 19.7 Å². The van der Waals surface area contributed by atoms with Crippen LogP contribution in [-0.4, -0.2) is 37.4 Å². The quantitative estimate of drug-likeness (QED) is 0.366. The zero-order chi connectivity index (χ0) is 25.6. The summed E-state index contributed by atoms with van der Waals surface area (Å²) in [6.07, 6.45) is 0.0263. The zero-order valence-corrected chi connectivity index (χ0v) is 19.2. The SMILES string of the molecule is Cn1nc(-c2cc(C(F)(F)F)c(F)c(O)c2F)c2cnc(N3CCCC[C@H]3Cc3ccccc3)nc21. The summed E-state index contributed by atoms with van der Waals surface area (Å²) in [6.45, 7) is 0.739. The van der Waals surface area contributed by atoms with Crippen LogP contribution in [0.4, 0.5) is 27.9 Å². The first-order valence-corrected chi connectivity index (χ1v) is 11.4. The molecule has 2 aromatic carbocycles. The summed E-state index contributed by atoms with van der Waals surface area (Å²) in [5.74, 6) is -4.88. The third-order valence-electron chi connectivity index (χ3n) is 6.50. The lowest BCUT2D eigenvalue weighted by Crippen LogP contribution is -2.42. The predicted molar refractivity (Wildman–Crippen MR) is 123 cm³/mol. The van der Waals surface area contributed by atoms with Crippen LogP contribution in [0.5, 0.6) is 5.75 Å². The summed E-state index contributed by atoms with van der Waals surface area (Å²) in [5, 5.41) is 14.0. The maximum atomic E-state index is 14.7. The molecule has 0 bridgehead atoms. The van der Waals surface area contributed by atoms with Crippen molar-refractivity contribution >= 4 is 17.0 Å². The zero-order valence-electron chi connectivity index (χ0n) is 19.2. The van der Waals surface area contributed by atoms with Gasteiger partial charge in [0.2, 0.25) is 5.95 Å². The van der Waals surface area contributed by atoms with Crippen molar-refractivity contribution in [3.8, 4) is 17.0 Å². The molecule has 0 unspecified atom stereocenters. The second-order valence-electron chi connectivity index (χ2n) is 8.86. The van der Waals surface area contributed by atoms with E-state index in [2.05, 4.69) is 32.1 Å². The standard InChI is InChI=1S/C25H22F5N5O/c1-34-23-17(21(33-34)16-12-18(25(28,29)30)20(27)22(36)19(16)26)13-31-24(32-23)35-10-6-5-9-15(35)11-14-7-3-2-4-8-14/h2-4,7-8,12-13,15,36H,5-6,9-11H2,1H3/t15-/m0/s1. The molecule has 0 radical (unpaired) electrons. The molecule has 3 heterocycles. The summed E-state index contributed by atoms with van der Waals surface area (Å²) in [5.41, 5.74) is -1.24. The number of hydrogen-bond donors (Lipinski definition) is 1. The van der Waals surface area contributed by atoms with E-state index in [1.165, 1.54) is 23.5 Å². The highest BCUT2D eigenvalue weighted by Crippen LogP contribution is 2.41. The van der Waals surface area contributed by atoms with Crippen LogP contribution >= 0.6 is 0 Å². The Balaban J connectivity index is 1.56. The highest BCUT2D eigenvalue weighted by molar-refractivity contribution is 5.91. The highest BCUT2D eigenvalue weighted by Gasteiger charge is 2.38. The van der Waals surface area contributed by atoms with Gasteiger partial charge in [0, 0.05) is 31.4 Å². The minimum atomic E-state index is -5.14. The largest absolute Gasteiger partial charge is 0.503 e. The van der Waals surface area contributed by atoms with Crippen LogP contribution in [0.3, 0.4) is 0 Å². The van der Waals surface area contributed by atoms with Gasteiger partial charge in [0.15, 0.2) is 23.0 Å². The van der Waals surface area contributed by atoms with Crippen molar-refractivity contribution in [3.05, 3.63) is 65.4 Å². The monoisotopic (exact) mass is 503 g/mol. The number of halogens is 5. The van der Waals surface area contributed by atoms with Crippen molar-refractivity contribution in [2.75, 3.05) is 11.4 Å². The van der Waals surface area contributed by atoms with Crippen LogP contribution in [-0.2, 0) is 19.6 Å². The molecule has 11 heteroatoms. The number of hydrogen-bond acceptors (Lipinski definition) is 5. The first-order chi connectivity index (χ1) is 17.1. The van der Waals surface area contributed by atoms with Gasteiger partial charge >= 0.3 is 6.18 Å². The highest BCUT2D eigenvalue weighted by atomic mass is 19.4. The van der Waals surface area contributed by atoms with E-state index in [1.54, 1.807) is 0 Å². The first kappa shape index (κ1) is 24.0. The van der Waals surface area contributed by atoms with E-state index in [1.807, 2.05) is 18.2 Å². The van der Waals surface area contributed by atoms with Crippen molar-refractivity contribution in [3.63, 3.8) is 0 Å². The molecule has 0 saturated carbocycles. The molecule has 5 rings (SSSR count). The number of alkyl halides is 3. The van der Waals surface area contributed by atoms with Gasteiger partial charge < -0.3 is 10.0 Å². The van der Waals surface area contributed by atoms with Crippen molar-refractivity contribution in [1.29, 1.82) is 0 Å². The molecule has 2 aromatic heterocycles. The van der Waals surface area contributed by atoms with Gasteiger partial charge in [0.05, 0.1) is 10.9 Å². The minimum Gasteiger partial charge on any atom is -0.503 e. The number of aromatic hydroxyl groups is 1. The minimum absolute atomic E-state index is 0.159. The molecule has 0 aliphatic carbocycles. The van der Waals surface area contributed by atoms with Gasteiger partial charge in [-0.1, -0.05) is 30.3 Å². The fourth-order valence-electron chi connectivity index (χ4n) is 4.73. The summed E-state index contributed by atoms with van der Waals surface area (Å²) in [6, 6.07) is 10.5. The molecular formula is C25H22F5N5O. The molecule has 188 valence electrons. The number of phenolic OH excluding ortho intramolecular Hbond substituents is 1. The second-order valence-corrected chi connectivity index (χ2v) is 8.86. The van der Waals surface area contributed by atoms with E-state index in [0.717, 1.165) is 32.2 Å². The number of anilines is 1. The average Bonchev–Trinajstić information content (AvgIpc) is 3.18. The molecule has 4 aromatic rings. The molecule has 1 atom stereocenters. The Hall–Kier alpha value is -3.76. The average molecular weight is 503 g/mol. The number of nitrogens with zero attached hydrogens (tertiary/aromatic N) is 5. The third kappa shape index (κ3) is 4.22. The van der Waals surface area contributed by atoms with Gasteiger partial charge in [-0.25, -0.2) is 18.4 Å². The molecule has 0 amide bonds. The number of fused-ring (bicyclic) bond motifs is 1. The second kappa shape index (κ2) is 9.03. The molecule has 36 heavy (non-hydrogen) atoms. The number of phenols is 1. The Morgan fingerprint density at radius 1 is 1.08 bits per heavy atom. The van der Waals surface area contributed by atoms with Gasteiger partial charge in [-0.15, -0.1) is 0 Å². The Labute approximate surface area is 203 Å². The van der Waals surface area contributed by atoms with Gasteiger partial charge in [0.25, 0.3) is 0 Å². The molecular weight excluding hydrogens is 481 g/mol. The topological polar surface area (TPSA) is 67.1 Å². The van der Waals surface area contributed by atoms with Gasteiger partial charge in [-0.3, -0.25) is 0 Å². The Kier molecular flexibility index (Phi) is 6.01. The third-order valence-corrected chi connectivity index (χ3v) is 6.50. The first-order valence-electron chi connectivity index (χ1n) is 11.4. The van der Waals surface area contributed by atoms with Crippen molar-refractivity contribution in [2.24, 2.45) is 7.05 Å². The number of benzene rings is 2. The molecule has 1 fully saturated rings. The molecule has 0 spiro atoms. The number of rotatable bonds is 4. The van der Waals surface area contributed by atoms with E-state index in [9.17, 15) is 27.1 Å². The Bertz CT molecular complexity index is 1420. The summed E-state index contributed by atoms with van der Waals surface area (Å²) < 4.78 is 69.9. The Morgan fingerprint density at radius 3 is 2.56 bits per heavy atom. The van der Waals surface area contributed by atoms with Crippen LogP contribution in [0.25, 0.3) is 22.3 Å². The van der Waals surface area contributed by atoms with Gasteiger partial charge in [0.1, 0.15) is 5.69 Å². The summed E-state index contributed by atoms with van der Waals surface area (Å²) >= 11 is 0. The lowest BCUT2D eigenvalue weighted by molar-refractivity contribution is -0.140. The van der Waals surface area contributed by atoms with Crippen LogP contribution in [0.1, 0.15) is 30.4 Å². The lowest BCUT2D eigenvalue weighted by Gasteiger charge is -2.36. The van der Waals surface area contributed by atoms with Gasteiger partial charge in [-0.05, 0) is 37.3 Å². The van der Waals surface area contributed by atoms with Crippen molar-refractivity contribution < 1.29 is 27.1 Å². The molecule has 6 nitrogen and oxygen atoms in total. The smallest absolute Gasteiger partial charge is 0.419 e. The molecule has 1 N–H and O–H groups in total. The Morgan fingerprint density at radius 2 is 1.83 bits per heavy atom. The molecule has 1 aliphatic rings. The number of piperidine rings is 1. The molecule has 1 aliphatic heterocycles. The van der Waals surface area contributed by atoms with Crippen LogP contribution < -0.4 is 4.90 Å². The number of aryl methyl sites for hydroxylation is 1. The fourth-order valence-corrected chi connectivity index (χ4v) is 4.73. The lowest BCUT2D eigenvalue weighted by atomic mass is 9.96. The van der Waals surface area contributed by atoms with Gasteiger partial charge in [-0.2, -0.15) is 23.3 Å². The predicted octanol–water partition coefficient (Wildman–Crippen LogP) is 5.63. The normalized spacial score (nSPS) is 16.6. The van der Waals surface area contributed by atoms with E-state index in [0.29, 0.717) is 12.0 Å². The van der Waals surface area contributed by atoms with Crippen LogP contribution in [0.15, 0.2) is 42.6 Å². The summed E-state index contributed by atoms with van der Waals surface area (Å²) in [4.78, 5) is 11.2. The maximum absolute atomic E-state index is 14.7. The van der Waals surface area contributed by atoms with Crippen LogP contribution in [0, 0.1) is 11.6 Å². The fraction of sp³-hybridized carbons (Fsp3) is 0.320. The van der Waals surface area contributed by atoms with Crippen LogP contribution in [0.2, 0.25) is 0 Å². The molecule has 1 saturated heterocycles. The van der Waals surface area contributed by atoms with E-state index >= 15 is 0 Å². The number of aromatic nitrogens is 4. The summed E-state index contributed by atoms with van der Waals surface area (Å²) in [7, 11) is 1.52. The van der Waals surface area contributed by atoms with E-state index in [-0.39, 0.29) is 22.8 Å². The maximum Gasteiger partial charge on any atom is 0.419 e. The van der Waals surface area contributed by atoms with E-state index in [4.69, 9.17) is 0 Å². The van der Waals surface area contributed by atoms with Crippen molar-refractivity contribution in [2.45, 2.75) is 37.9 Å². The van der Waals surface area contributed by atoms with E-state index < -0.39 is 34.7 Å².